The average Bonchev–Trinajstić information content (AvgIpc) is 2.60. The molecule has 0 aliphatic carbocycles. The van der Waals surface area contributed by atoms with Crippen molar-refractivity contribution in [3.8, 4) is 10.7 Å². The smallest absolute Gasteiger partial charge is 0.218 e. The highest BCUT2D eigenvalue weighted by atomic mass is 32.1. The Balaban J connectivity index is 2.53. The van der Waals surface area contributed by atoms with E-state index in [0.29, 0.717) is 11.8 Å². The Morgan fingerprint density at radius 3 is 2.77 bits per heavy atom. The molecule has 5 nitrogen and oxygen atoms in total. The van der Waals surface area contributed by atoms with Crippen LogP contribution in [0.3, 0.4) is 0 Å². The molecule has 0 saturated heterocycles. The summed E-state index contributed by atoms with van der Waals surface area (Å²) in [5.74, 6) is 1.07. The van der Waals surface area contributed by atoms with Crippen molar-refractivity contribution in [1.29, 1.82) is 0 Å². The van der Waals surface area contributed by atoms with Crippen LogP contribution in [0.4, 0.5) is 5.95 Å². The number of hydrogen-bond acceptors (Lipinski definition) is 5. The number of nitrogens with two attached hydrogens (primary N) is 1. The molecule has 68 valence electrons. The number of aryl methyl sites for hydroxylation is 2. The summed E-state index contributed by atoms with van der Waals surface area (Å²) in [5.41, 5.74) is 8.29. The summed E-state index contributed by atoms with van der Waals surface area (Å²) in [5, 5.41) is 4.16. The van der Waals surface area contributed by atoms with Gasteiger partial charge < -0.3 is 5.73 Å². The minimum Gasteiger partial charge on any atom is -0.368 e. The Morgan fingerprint density at radius 2 is 2.31 bits per heavy atom. The van der Waals surface area contributed by atoms with Crippen molar-refractivity contribution in [2.24, 2.45) is 7.05 Å². The Hall–Kier alpha value is -1.43. The highest BCUT2D eigenvalue weighted by Gasteiger charge is 2.10. The molecule has 0 aliphatic rings. The maximum absolute atomic E-state index is 5.57. The molecule has 2 heterocycles. The molecule has 0 spiro atoms. The molecule has 6 heteroatoms. The second-order valence-electron chi connectivity index (χ2n) is 2.68. The Morgan fingerprint density at radius 1 is 1.54 bits per heavy atom. The van der Waals surface area contributed by atoms with Gasteiger partial charge >= 0.3 is 0 Å². The molecule has 0 aliphatic heterocycles. The lowest BCUT2D eigenvalue weighted by atomic mass is 10.4. The minimum absolute atomic E-state index is 0.419. The third-order valence-electron chi connectivity index (χ3n) is 1.75. The molecule has 2 aromatic heterocycles. The summed E-state index contributed by atoms with van der Waals surface area (Å²) in [7, 11) is 1.77. The Labute approximate surface area is 79.2 Å². The first-order valence-corrected chi connectivity index (χ1v) is 4.63. The largest absolute Gasteiger partial charge is 0.368 e. The van der Waals surface area contributed by atoms with E-state index in [-0.39, 0.29) is 0 Å². The van der Waals surface area contributed by atoms with Crippen LogP contribution in [0, 0.1) is 6.92 Å². The molecule has 0 atom stereocenters. The van der Waals surface area contributed by atoms with Gasteiger partial charge in [0.1, 0.15) is 0 Å². The number of anilines is 1. The van der Waals surface area contributed by atoms with Crippen LogP contribution in [0.1, 0.15) is 5.69 Å². The number of hydrogen-bond donors (Lipinski definition) is 1. The summed E-state index contributed by atoms with van der Waals surface area (Å²) in [6.07, 6.45) is 0. The SMILES string of the molecule is Cc1ncsc1-c1nc(N)n(C)n1. The lowest BCUT2D eigenvalue weighted by molar-refractivity contribution is 0.781. The third-order valence-corrected chi connectivity index (χ3v) is 2.67. The quantitative estimate of drug-likeness (QED) is 0.731. The zero-order valence-electron chi connectivity index (χ0n) is 7.35. The van der Waals surface area contributed by atoms with Crippen LogP contribution in [0.15, 0.2) is 5.51 Å². The maximum Gasteiger partial charge on any atom is 0.218 e. The van der Waals surface area contributed by atoms with E-state index in [1.54, 1.807) is 17.2 Å². The van der Waals surface area contributed by atoms with E-state index in [1.165, 1.54) is 11.3 Å². The molecular weight excluding hydrogens is 186 g/mol. The van der Waals surface area contributed by atoms with Crippen molar-refractivity contribution < 1.29 is 0 Å². The predicted molar refractivity (Wildman–Crippen MR) is 51.3 cm³/mol. The van der Waals surface area contributed by atoms with Crippen molar-refractivity contribution in [3.63, 3.8) is 0 Å². The molecule has 2 aromatic rings. The molecule has 0 unspecified atom stereocenters. The van der Waals surface area contributed by atoms with Gasteiger partial charge in [-0.15, -0.1) is 16.4 Å². The molecule has 0 radical (unpaired) electrons. The first-order chi connectivity index (χ1) is 6.18. The van der Waals surface area contributed by atoms with E-state index in [9.17, 15) is 0 Å². The number of rotatable bonds is 1. The minimum atomic E-state index is 0.419. The average molecular weight is 195 g/mol. The lowest BCUT2D eigenvalue weighted by Crippen LogP contribution is -1.97. The van der Waals surface area contributed by atoms with Gasteiger partial charge in [-0.2, -0.15) is 4.98 Å². The fraction of sp³-hybridized carbons (Fsp3) is 0.286. The van der Waals surface area contributed by atoms with Crippen LogP contribution in [0.25, 0.3) is 10.7 Å². The number of nitrogens with zero attached hydrogens (tertiary/aromatic N) is 4. The van der Waals surface area contributed by atoms with Crippen LogP contribution in [-0.2, 0) is 7.05 Å². The molecular formula is C7H9N5S. The van der Waals surface area contributed by atoms with Gasteiger partial charge in [0.05, 0.1) is 16.1 Å². The van der Waals surface area contributed by atoms with Crippen LogP contribution < -0.4 is 5.73 Å². The van der Waals surface area contributed by atoms with Gasteiger partial charge in [-0.1, -0.05) is 0 Å². The molecule has 0 bridgehead atoms. The van der Waals surface area contributed by atoms with Gasteiger partial charge in [-0.3, -0.25) is 0 Å². The van der Waals surface area contributed by atoms with E-state index in [4.69, 9.17) is 5.73 Å². The van der Waals surface area contributed by atoms with E-state index in [2.05, 4.69) is 15.1 Å². The zero-order chi connectivity index (χ0) is 9.42. The van der Waals surface area contributed by atoms with Crippen LogP contribution in [0.5, 0.6) is 0 Å². The highest BCUT2D eigenvalue weighted by Crippen LogP contribution is 2.24. The van der Waals surface area contributed by atoms with Crippen LogP contribution in [0.2, 0.25) is 0 Å². The summed E-state index contributed by atoms with van der Waals surface area (Å²) < 4.78 is 1.55. The zero-order valence-corrected chi connectivity index (χ0v) is 8.17. The van der Waals surface area contributed by atoms with Crippen molar-refractivity contribution in [1.82, 2.24) is 19.7 Å². The van der Waals surface area contributed by atoms with Gasteiger partial charge in [0, 0.05) is 7.05 Å². The second kappa shape index (κ2) is 2.81. The van der Waals surface area contributed by atoms with E-state index < -0.39 is 0 Å². The predicted octanol–water partition coefficient (Wildman–Crippen LogP) is 0.829. The third kappa shape index (κ3) is 1.29. The van der Waals surface area contributed by atoms with Gasteiger partial charge in [0.2, 0.25) is 5.95 Å². The first kappa shape index (κ1) is 8.18. The molecule has 13 heavy (non-hydrogen) atoms. The first-order valence-electron chi connectivity index (χ1n) is 3.75. The van der Waals surface area contributed by atoms with Crippen LogP contribution in [-0.4, -0.2) is 19.7 Å². The monoisotopic (exact) mass is 195 g/mol. The van der Waals surface area contributed by atoms with Gasteiger partial charge in [0.15, 0.2) is 5.82 Å². The lowest BCUT2D eigenvalue weighted by Gasteiger charge is -1.88. The number of aromatic nitrogens is 4. The molecule has 2 N–H and O–H groups in total. The van der Waals surface area contributed by atoms with Crippen LogP contribution >= 0.6 is 11.3 Å². The fourth-order valence-corrected chi connectivity index (χ4v) is 1.74. The second-order valence-corrected chi connectivity index (χ2v) is 3.54. The fourth-order valence-electron chi connectivity index (χ4n) is 1.01. The van der Waals surface area contributed by atoms with Gasteiger partial charge in [-0.05, 0) is 6.92 Å². The van der Waals surface area contributed by atoms with E-state index >= 15 is 0 Å². The Bertz CT molecular complexity index is 410. The maximum atomic E-state index is 5.57. The van der Waals surface area contributed by atoms with Gasteiger partial charge in [0.25, 0.3) is 0 Å². The van der Waals surface area contributed by atoms with Crippen molar-refractivity contribution >= 4 is 17.3 Å². The van der Waals surface area contributed by atoms with Crippen molar-refractivity contribution in [3.05, 3.63) is 11.2 Å². The normalized spacial score (nSPS) is 10.6. The van der Waals surface area contributed by atoms with E-state index in [0.717, 1.165) is 10.6 Å². The van der Waals surface area contributed by atoms with E-state index in [1.807, 2.05) is 6.92 Å². The summed E-state index contributed by atoms with van der Waals surface area (Å²) >= 11 is 1.52. The number of thiazole rings is 1. The van der Waals surface area contributed by atoms with Gasteiger partial charge in [-0.25, -0.2) is 9.67 Å². The molecule has 0 fully saturated rings. The van der Waals surface area contributed by atoms with Crippen molar-refractivity contribution in [2.45, 2.75) is 6.92 Å². The molecule has 0 amide bonds. The highest BCUT2D eigenvalue weighted by molar-refractivity contribution is 7.13. The molecule has 0 aromatic carbocycles. The summed E-state index contributed by atoms with van der Waals surface area (Å²) in [6.45, 7) is 1.93. The Kier molecular flexibility index (Phi) is 1.77. The van der Waals surface area contributed by atoms with Crippen molar-refractivity contribution in [2.75, 3.05) is 5.73 Å². The summed E-state index contributed by atoms with van der Waals surface area (Å²) in [6, 6.07) is 0. The molecule has 0 saturated carbocycles. The molecule has 2 rings (SSSR count). The standard InChI is InChI=1S/C7H9N5S/c1-4-5(13-3-9-4)6-10-7(8)12(2)11-6/h3H,1-2H3,(H2,8,10,11). The number of nitrogen functional groups attached to an aromatic ring is 1. The topological polar surface area (TPSA) is 69.6 Å². The summed E-state index contributed by atoms with van der Waals surface area (Å²) in [4.78, 5) is 9.21.